The summed E-state index contributed by atoms with van der Waals surface area (Å²) in [6, 6.07) is 14.0. The van der Waals surface area contributed by atoms with Crippen molar-refractivity contribution in [1.82, 2.24) is 19.9 Å². The van der Waals surface area contributed by atoms with Crippen molar-refractivity contribution in [3.63, 3.8) is 0 Å². The van der Waals surface area contributed by atoms with E-state index in [1.54, 1.807) is 6.20 Å². The number of nitrogens with zero attached hydrogens (tertiary/aromatic N) is 5. The predicted molar refractivity (Wildman–Crippen MR) is 122 cm³/mol. The fourth-order valence-electron chi connectivity index (χ4n) is 3.56. The molecule has 1 saturated heterocycles. The van der Waals surface area contributed by atoms with E-state index in [2.05, 4.69) is 26.3 Å². The van der Waals surface area contributed by atoms with Crippen LogP contribution in [0, 0.1) is 6.92 Å². The number of nitrogen functional groups attached to an aromatic ring is 1. The van der Waals surface area contributed by atoms with Crippen molar-refractivity contribution in [2.24, 2.45) is 0 Å². The van der Waals surface area contributed by atoms with Crippen LogP contribution in [-0.2, 0) is 4.74 Å². The molecule has 5 rings (SSSR count). The van der Waals surface area contributed by atoms with Crippen LogP contribution in [0.5, 0.6) is 0 Å². The molecule has 0 radical (unpaired) electrons. The van der Waals surface area contributed by atoms with Gasteiger partial charge < -0.3 is 20.7 Å². The number of aryl methyl sites for hydroxylation is 1. The summed E-state index contributed by atoms with van der Waals surface area (Å²) < 4.78 is 5.49. The number of para-hydroxylation sites is 1. The van der Waals surface area contributed by atoms with Gasteiger partial charge in [-0.3, -0.25) is 4.98 Å². The molecule has 0 bridgehead atoms. The van der Waals surface area contributed by atoms with E-state index in [0.717, 1.165) is 46.5 Å². The van der Waals surface area contributed by atoms with Crippen LogP contribution in [0.3, 0.4) is 0 Å². The lowest BCUT2D eigenvalue weighted by Gasteiger charge is -2.27. The molecule has 8 nitrogen and oxygen atoms in total. The van der Waals surface area contributed by atoms with Crippen molar-refractivity contribution in [3.05, 3.63) is 60.4 Å². The summed E-state index contributed by atoms with van der Waals surface area (Å²) >= 11 is 0. The molecular formula is C23H23N7O. The number of pyridine rings is 2. The zero-order valence-corrected chi connectivity index (χ0v) is 17.2. The molecule has 0 saturated carbocycles. The van der Waals surface area contributed by atoms with E-state index in [9.17, 15) is 0 Å². The number of benzene rings is 1. The number of nitrogens with two attached hydrogens (primary N) is 1. The van der Waals surface area contributed by atoms with E-state index in [-0.39, 0.29) is 0 Å². The maximum Gasteiger partial charge on any atom is 0.228 e. The summed E-state index contributed by atoms with van der Waals surface area (Å²) in [5, 5.41) is 4.46. The molecule has 0 atom stereocenters. The molecule has 0 unspecified atom stereocenters. The quantitative estimate of drug-likeness (QED) is 0.524. The predicted octanol–water partition coefficient (Wildman–Crippen LogP) is 3.56. The van der Waals surface area contributed by atoms with Gasteiger partial charge >= 0.3 is 0 Å². The van der Waals surface area contributed by atoms with Gasteiger partial charge in [0.15, 0.2) is 0 Å². The van der Waals surface area contributed by atoms with Gasteiger partial charge in [-0.1, -0.05) is 18.2 Å². The summed E-state index contributed by atoms with van der Waals surface area (Å²) in [5.74, 6) is 1.87. The molecule has 1 aromatic carbocycles. The Morgan fingerprint density at radius 2 is 1.84 bits per heavy atom. The van der Waals surface area contributed by atoms with Gasteiger partial charge in [0.05, 0.1) is 36.3 Å². The van der Waals surface area contributed by atoms with Gasteiger partial charge in [-0.05, 0) is 30.7 Å². The second-order valence-electron chi connectivity index (χ2n) is 7.51. The van der Waals surface area contributed by atoms with Crippen LogP contribution in [0.1, 0.15) is 5.56 Å². The summed E-state index contributed by atoms with van der Waals surface area (Å²) in [6.07, 6.45) is 3.56. The first kappa shape index (κ1) is 19.2. The minimum atomic E-state index is 0.520. The second-order valence-corrected chi connectivity index (χ2v) is 7.51. The zero-order valence-electron chi connectivity index (χ0n) is 17.2. The Kier molecular flexibility index (Phi) is 5.05. The fraction of sp³-hybridized carbons (Fsp3) is 0.217. The third-order valence-electron chi connectivity index (χ3n) is 5.29. The van der Waals surface area contributed by atoms with Crippen molar-refractivity contribution in [2.45, 2.75) is 6.92 Å². The van der Waals surface area contributed by atoms with E-state index in [0.29, 0.717) is 30.8 Å². The SMILES string of the molecule is Cc1cc(-c2cc(Nc3cnc4ccccc4c3)nc(N3CCOCC3)n2)cnc1N. The van der Waals surface area contributed by atoms with Crippen LogP contribution in [0.2, 0.25) is 0 Å². The maximum absolute atomic E-state index is 5.91. The molecule has 0 aliphatic carbocycles. The average molecular weight is 413 g/mol. The van der Waals surface area contributed by atoms with Crippen molar-refractivity contribution in [1.29, 1.82) is 0 Å². The summed E-state index contributed by atoms with van der Waals surface area (Å²) in [4.78, 5) is 20.6. The Hall–Kier alpha value is -3.78. The first-order valence-corrected chi connectivity index (χ1v) is 10.2. The van der Waals surface area contributed by atoms with E-state index in [1.807, 2.05) is 49.5 Å². The highest BCUT2D eigenvalue weighted by atomic mass is 16.5. The van der Waals surface area contributed by atoms with Crippen LogP contribution < -0.4 is 16.0 Å². The molecule has 3 N–H and O–H groups in total. The molecule has 31 heavy (non-hydrogen) atoms. The minimum Gasteiger partial charge on any atom is -0.383 e. The Bertz CT molecular complexity index is 1240. The van der Waals surface area contributed by atoms with Crippen LogP contribution in [0.15, 0.2) is 54.9 Å². The summed E-state index contributed by atoms with van der Waals surface area (Å²) in [6.45, 7) is 4.76. The van der Waals surface area contributed by atoms with Gasteiger partial charge in [0.1, 0.15) is 11.6 Å². The van der Waals surface area contributed by atoms with Crippen molar-refractivity contribution >= 4 is 34.2 Å². The number of fused-ring (bicyclic) bond motifs is 1. The Morgan fingerprint density at radius 1 is 1.00 bits per heavy atom. The number of rotatable bonds is 4. The topological polar surface area (TPSA) is 102 Å². The summed E-state index contributed by atoms with van der Waals surface area (Å²) in [5.41, 5.74) is 10.3. The number of hydrogen-bond donors (Lipinski definition) is 2. The first-order valence-electron chi connectivity index (χ1n) is 10.2. The van der Waals surface area contributed by atoms with Crippen molar-refractivity contribution in [2.75, 3.05) is 42.3 Å². The molecule has 8 heteroatoms. The molecule has 4 aromatic rings. The highest BCUT2D eigenvalue weighted by Gasteiger charge is 2.17. The number of ether oxygens (including phenoxy) is 1. The van der Waals surface area contributed by atoms with Gasteiger partial charge in [0.25, 0.3) is 0 Å². The largest absolute Gasteiger partial charge is 0.383 e. The normalized spacial score (nSPS) is 14.0. The Labute approximate surface area is 180 Å². The Morgan fingerprint density at radius 3 is 2.68 bits per heavy atom. The molecule has 4 heterocycles. The molecule has 1 fully saturated rings. The van der Waals surface area contributed by atoms with Crippen LogP contribution in [0.25, 0.3) is 22.2 Å². The number of morpholine rings is 1. The van der Waals surface area contributed by atoms with Crippen LogP contribution in [-0.4, -0.2) is 46.2 Å². The maximum atomic E-state index is 5.91. The number of hydrogen-bond acceptors (Lipinski definition) is 8. The monoisotopic (exact) mass is 413 g/mol. The molecule has 3 aromatic heterocycles. The fourth-order valence-corrected chi connectivity index (χ4v) is 3.56. The van der Waals surface area contributed by atoms with Crippen LogP contribution in [0.4, 0.5) is 23.3 Å². The van der Waals surface area contributed by atoms with E-state index < -0.39 is 0 Å². The smallest absolute Gasteiger partial charge is 0.228 e. The molecule has 0 amide bonds. The molecular weight excluding hydrogens is 390 g/mol. The number of aromatic nitrogens is 4. The molecule has 156 valence electrons. The van der Waals surface area contributed by atoms with E-state index in [4.69, 9.17) is 20.4 Å². The average Bonchev–Trinajstić information content (AvgIpc) is 2.81. The van der Waals surface area contributed by atoms with Crippen LogP contribution >= 0.6 is 0 Å². The molecule has 1 aliphatic heterocycles. The minimum absolute atomic E-state index is 0.520. The highest BCUT2D eigenvalue weighted by Crippen LogP contribution is 2.27. The standard InChI is InChI=1S/C23H23N7O/c1-15-10-17(13-26-22(15)24)20-12-21(29-23(28-20)30-6-8-31-9-7-30)27-18-11-16-4-2-3-5-19(16)25-14-18/h2-5,10-14H,6-9H2,1H3,(H2,24,26)(H,27,28,29). The Balaban J connectivity index is 1.55. The van der Waals surface area contributed by atoms with Crippen molar-refractivity contribution in [3.8, 4) is 11.3 Å². The van der Waals surface area contributed by atoms with Gasteiger partial charge in [-0.15, -0.1) is 0 Å². The van der Waals surface area contributed by atoms with E-state index in [1.165, 1.54) is 0 Å². The lowest BCUT2D eigenvalue weighted by molar-refractivity contribution is 0.122. The van der Waals surface area contributed by atoms with Crippen molar-refractivity contribution < 1.29 is 4.74 Å². The number of anilines is 4. The zero-order chi connectivity index (χ0) is 21.2. The third kappa shape index (κ3) is 4.10. The van der Waals surface area contributed by atoms with Gasteiger partial charge in [0, 0.05) is 36.3 Å². The van der Waals surface area contributed by atoms with Gasteiger partial charge in [0.2, 0.25) is 5.95 Å². The molecule has 1 aliphatic rings. The third-order valence-corrected chi connectivity index (χ3v) is 5.29. The van der Waals surface area contributed by atoms with Gasteiger partial charge in [-0.2, -0.15) is 4.98 Å². The highest BCUT2D eigenvalue weighted by molar-refractivity contribution is 5.82. The summed E-state index contributed by atoms with van der Waals surface area (Å²) in [7, 11) is 0. The first-order chi connectivity index (χ1) is 15.2. The lowest BCUT2D eigenvalue weighted by atomic mass is 10.1. The number of nitrogens with one attached hydrogen (secondary N) is 1. The molecule has 0 spiro atoms. The van der Waals surface area contributed by atoms with Gasteiger partial charge in [-0.25, -0.2) is 9.97 Å². The second kappa shape index (κ2) is 8.16. The lowest BCUT2D eigenvalue weighted by Crippen LogP contribution is -2.37. The van der Waals surface area contributed by atoms with E-state index >= 15 is 0 Å².